The van der Waals surface area contributed by atoms with E-state index >= 15 is 0 Å². The zero-order valence-corrected chi connectivity index (χ0v) is 8.82. The second-order valence-electron chi connectivity index (χ2n) is 3.17. The molecule has 0 bridgehead atoms. The van der Waals surface area contributed by atoms with E-state index < -0.39 is 10.0 Å². The Hall–Kier alpha value is -1.69. The summed E-state index contributed by atoms with van der Waals surface area (Å²) >= 11 is 0. The van der Waals surface area contributed by atoms with Crippen LogP contribution < -0.4 is 4.72 Å². The van der Waals surface area contributed by atoms with Gasteiger partial charge < -0.3 is 0 Å². The molecule has 0 aliphatic carbocycles. The Labute approximate surface area is 87.2 Å². The van der Waals surface area contributed by atoms with Crippen molar-refractivity contribution >= 4 is 26.6 Å². The number of anilines is 1. The van der Waals surface area contributed by atoms with Crippen molar-refractivity contribution in [2.24, 2.45) is 0 Å². The van der Waals surface area contributed by atoms with Crippen LogP contribution in [0.5, 0.6) is 0 Å². The van der Waals surface area contributed by atoms with E-state index in [4.69, 9.17) is 0 Å². The summed E-state index contributed by atoms with van der Waals surface area (Å²) in [5.41, 5.74) is 1.30. The maximum Gasteiger partial charge on any atom is 0.229 e. The summed E-state index contributed by atoms with van der Waals surface area (Å²) in [4.78, 5) is 7.89. The maximum absolute atomic E-state index is 11.0. The van der Waals surface area contributed by atoms with Crippen LogP contribution in [-0.2, 0) is 10.0 Å². The molecule has 0 radical (unpaired) electrons. The molecule has 1 aromatic carbocycles. The minimum absolute atomic E-state index is 0.514. The summed E-state index contributed by atoms with van der Waals surface area (Å²) in [7, 11) is -3.24. The third-order valence-electron chi connectivity index (χ3n) is 1.81. The number of aromatic nitrogens is 2. The molecule has 15 heavy (non-hydrogen) atoms. The van der Waals surface area contributed by atoms with Gasteiger partial charge in [-0.15, -0.1) is 0 Å². The second kappa shape index (κ2) is 3.47. The molecule has 78 valence electrons. The zero-order chi connectivity index (χ0) is 10.9. The Morgan fingerprint density at radius 3 is 2.87 bits per heavy atom. The lowest BCUT2D eigenvalue weighted by Crippen LogP contribution is -2.09. The van der Waals surface area contributed by atoms with E-state index in [0.717, 1.165) is 17.2 Å². The molecule has 0 spiro atoms. The van der Waals surface area contributed by atoms with E-state index in [0.29, 0.717) is 5.69 Å². The fourth-order valence-electron chi connectivity index (χ4n) is 1.26. The molecule has 0 saturated carbocycles. The van der Waals surface area contributed by atoms with E-state index in [1.807, 2.05) is 0 Å². The van der Waals surface area contributed by atoms with Crippen molar-refractivity contribution in [2.75, 3.05) is 11.0 Å². The molecule has 0 fully saturated rings. The lowest BCUT2D eigenvalue weighted by molar-refractivity contribution is 0.607. The number of sulfonamides is 1. The molecule has 6 heteroatoms. The molecule has 5 nitrogen and oxygen atoms in total. The predicted octanol–water partition coefficient (Wildman–Crippen LogP) is 1.00. The van der Waals surface area contributed by atoms with Crippen LogP contribution in [0.15, 0.2) is 30.7 Å². The molecule has 1 aromatic heterocycles. The minimum Gasteiger partial charge on any atom is -0.284 e. The van der Waals surface area contributed by atoms with Gasteiger partial charge in [-0.25, -0.2) is 18.4 Å². The molecular formula is C9H9N3O2S. The first-order valence-corrected chi connectivity index (χ1v) is 6.11. The smallest absolute Gasteiger partial charge is 0.229 e. The monoisotopic (exact) mass is 223 g/mol. The molecular weight excluding hydrogens is 214 g/mol. The Morgan fingerprint density at radius 2 is 2.13 bits per heavy atom. The lowest BCUT2D eigenvalue weighted by Gasteiger charge is -2.04. The van der Waals surface area contributed by atoms with Gasteiger partial charge in [0.25, 0.3) is 0 Å². The number of benzene rings is 1. The fourth-order valence-corrected chi connectivity index (χ4v) is 1.82. The minimum atomic E-state index is -3.24. The highest BCUT2D eigenvalue weighted by molar-refractivity contribution is 7.92. The van der Waals surface area contributed by atoms with E-state index in [1.54, 1.807) is 24.4 Å². The van der Waals surface area contributed by atoms with E-state index in [9.17, 15) is 8.42 Å². The van der Waals surface area contributed by atoms with Gasteiger partial charge in [-0.1, -0.05) is 0 Å². The topological polar surface area (TPSA) is 72.0 Å². The third kappa shape index (κ3) is 2.41. The zero-order valence-electron chi connectivity index (χ0n) is 8.01. The van der Waals surface area contributed by atoms with Crippen molar-refractivity contribution in [3.63, 3.8) is 0 Å². The standard InChI is InChI=1S/C9H9N3O2S/c1-15(13,14)12-8-2-3-9-7(4-8)5-10-6-11-9/h2-6,12H,1H3. The van der Waals surface area contributed by atoms with Crippen LogP contribution in [0.1, 0.15) is 0 Å². The van der Waals surface area contributed by atoms with E-state index in [1.165, 1.54) is 6.33 Å². The first-order valence-electron chi connectivity index (χ1n) is 4.22. The van der Waals surface area contributed by atoms with Gasteiger partial charge in [-0.3, -0.25) is 4.72 Å². The summed E-state index contributed by atoms with van der Waals surface area (Å²) in [6, 6.07) is 5.09. The molecule has 0 aliphatic heterocycles. The summed E-state index contributed by atoms with van der Waals surface area (Å²) in [5.74, 6) is 0. The van der Waals surface area contributed by atoms with Crippen molar-refractivity contribution in [2.45, 2.75) is 0 Å². The van der Waals surface area contributed by atoms with Crippen molar-refractivity contribution in [3.05, 3.63) is 30.7 Å². The van der Waals surface area contributed by atoms with Crippen molar-refractivity contribution in [3.8, 4) is 0 Å². The predicted molar refractivity (Wildman–Crippen MR) is 58.0 cm³/mol. The molecule has 0 atom stereocenters. The van der Waals surface area contributed by atoms with Crippen LogP contribution in [0, 0.1) is 0 Å². The van der Waals surface area contributed by atoms with Gasteiger partial charge in [0.2, 0.25) is 10.0 Å². The van der Waals surface area contributed by atoms with E-state index in [-0.39, 0.29) is 0 Å². The van der Waals surface area contributed by atoms with Crippen LogP contribution >= 0.6 is 0 Å². The highest BCUT2D eigenvalue weighted by Gasteiger charge is 2.02. The van der Waals surface area contributed by atoms with Crippen LogP contribution in [0.2, 0.25) is 0 Å². The molecule has 0 aliphatic rings. The van der Waals surface area contributed by atoms with Gasteiger partial charge in [0.15, 0.2) is 0 Å². The normalized spacial score (nSPS) is 11.5. The van der Waals surface area contributed by atoms with Gasteiger partial charge in [0, 0.05) is 17.3 Å². The largest absolute Gasteiger partial charge is 0.284 e. The Balaban J connectivity index is 2.48. The van der Waals surface area contributed by atoms with Crippen LogP contribution in [-0.4, -0.2) is 24.6 Å². The average Bonchev–Trinajstić information content (AvgIpc) is 2.15. The summed E-state index contributed by atoms with van der Waals surface area (Å²) in [5, 5.41) is 0.797. The highest BCUT2D eigenvalue weighted by atomic mass is 32.2. The first kappa shape index (κ1) is 9.85. The molecule has 0 amide bonds. The van der Waals surface area contributed by atoms with Gasteiger partial charge in [0.1, 0.15) is 6.33 Å². The lowest BCUT2D eigenvalue weighted by atomic mass is 10.2. The molecule has 0 saturated heterocycles. The number of rotatable bonds is 2. The summed E-state index contributed by atoms with van der Waals surface area (Å²) in [6.07, 6.45) is 4.19. The van der Waals surface area contributed by atoms with E-state index in [2.05, 4.69) is 14.7 Å². The summed E-state index contributed by atoms with van der Waals surface area (Å²) < 4.78 is 24.4. The van der Waals surface area contributed by atoms with Crippen LogP contribution in [0.25, 0.3) is 10.9 Å². The molecule has 2 rings (SSSR count). The van der Waals surface area contributed by atoms with Crippen LogP contribution in [0.3, 0.4) is 0 Å². The Bertz CT molecular complexity index is 595. The number of nitrogens with one attached hydrogen (secondary N) is 1. The highest BCUT2D eigenvalue weighted by Crippen LogP contribution is 2.16. The Kier molecular flexibility index (Phi) is 2.28. The van der Waals surface area contributed by atoms with Crippen molar-refractivity contribution in [1.29, 1.82) is 0 Å². The first-order chi connectivity index (χ1) is 7.04. The Morgan fingerprint density at radius 1 is 1.33 bits per heavy atom. The van der Waals surface area contributed by atoms with Crippen molar-refractivity contribution in [1.82, 2.24) is 9.97 Å². The molecule has 1 heterocycles. The maximum atomic E-state index is 11.0. The van der Waals surface area contributed by atoms with Gasteiger partial charge in [-0.05, 0) is 18.2 Å². The number of hydrogen-bond acceptors (Lipinski definition) is 4. The van der Waals surface area contributed by atoms with Gasteiger partial charge >= 0.3 is 0 Å². The number of nitrogens with zero attached hydrogens (tertiary/aromatic N) is 2. The SMILES string of the molecule is CS(=O)(=O)Nc1ccc2ncncc2c1. The van der Waals surface area contributed by atoms with Gasteiger partial charge in [-0.2, -0.15) is 0 Å². The number of fused-ring (bicyclic) bond motifs is 1. The molecule has 2 aromatic rings. The fraction of sp³-hybridized carbons (Fsp3) is 0.111. The summed E-state index contributed by atoms with van der Waals surface area (Å²) in [6.45, 7) is 0. The quantitative estimate of drug-likeness (QED) is 0.824. The number of hydrogen-bond donors (Lipinski definition) is 1. The molecule has 0 unspecified atom stereocenters. The second-order valence-corrected chi connectivity index (χ2v) is 4.92. The average molecular weight is 223 g/mol. The van der Waals surface area contributed by atoms with Gasteiger partial charge in [0.05, 0.1) is 11.8 Å². The molecule has 1 N–H and O–H groups in total. The third-order valence-corrected chi connectivity index (χ3v) is 2.41. The van der Waals surface area contributed by atoms with Crippen LogP contribution in [0.4, 0.5) is 5.69 Å². The van der Waals surface area contributed by atoms with Crippen molar-refractivity contribution < 1.29 is 8.42 Å².